The van der Waals surface area contributed by atoms with Gasteiger partial charge in [0.05, 0.1) is 0 Å². The molecule has 114 valence electrons. The van der Waals surface area contributed by atoms with Crippen molar-refractivity contribution in [3.05, 3.63) is 42.0 Å². The summed E-state index contributed by atoms with van der Waals surface area (Å²) in [5.41, 5.74) is 1.80. The number of hydrogen-bond acceptors (Lipinski definition) is 4. The molecular weight excluding hydrogens is 276 g/mol. The van der Waals surface area contributed by atoms with Crippen LogP contribution < -0.4 is 0 Å². The van der Waals surface area contributed by atoms with Crippen LogP contribution in [0.5, 0.6) is 0 Å². The Morgan fingerprint density at radius 1 is 1.32 bits per heavy atom. The summed E-state index contributed by atoms with van der Waals surface area (Å²) >= 11 is 0. The van der Waals surface area contributed by atoms with Gasteiger partial charge in [-0.05, 0) is 51.1 Å². The van der Waals surface area contributed by atoms with Gasteiger partial charge in [0.25, 0.3) is 0 Å². The summed E-state index contributed by atoms with van der Waals surface area (Å²) in [6.07, 6.45) is 3.99. The lowest BCUT2D eigenvalue weighted by Crippen LogP contribution is -2.16. The number of nitrogens with zero attached hydrogens (tertiary/aromatic N) is 4. The molecule has 22 heavy (non-hydrogen) atoms. The first kappa shape index (κ1) is 13.5. The van der Waals surface area contributed by atoms with Crippen LogP contribution in [-0.4, -0.2) is 39.6 Å². The van der Waals surface area contributed by atoms with Crippen molar-refractivity contribution >= 4 is 11.2 Å². The molecule has 1 aliphatic rings. The zero-order valence-corrected chi connectivity index (χ0v) is 13.0. The molecule has 1 atom stereocenters. The maximum atomic E-state index is 5.83. The van der Waals surface area contributed by atoms with Gasteiger partial charge in [-0.2, -0.15) is 0 Å². The zero-order chi connectivity index (χ0) is 15.1. The van der Waals surface area contributed by atoms with Gasteiger partial charge in [-0.1, -0.05) is 0 Å². The lowest BCUT2D eigenvalue weighted by atomic mass is 10.0. The lowest BCUT2D eigenvalue weighted by molar-refractivity contribution is 0.391. The van der Waals surface area contributed by atoms with E-state index in [1.807, 2.05) is 37.4 Å². The fraction of sp³-hybridized carbons (Fsp3) is 0.412. The first-order valence-corrected chi connectivity index (χ1v) is 7.78. The van der Waals surface area contributed by atoms with Crippen LogP contribution in [0.15, 0.2) is 34.9 Å². The molecule has 0 N–H and O–H groups in total. The summed E-state index contributed by atoms with van der Waals surface area (Å²) in [6, 6.07) is 7.92. The molecule has 4 heterocycles. The third-order valence-corrected chi connectivity index (χ3v) is 4.39. The first-order valence-electron chi connectivity index (χ1n) is 7.78. The van der Waals surface area contributed by atoms with Gasteiger partial charge in [0.1, 0.15) is 17.1 Å². The molecule has 1 saturated heterocycles. The van der Waals surface area contributed by atoms with Gasteiger partial charge in [-0.15, -0.1) is 0 Å². The molecular formula is C17H20N4O. The standard InChI is InChI=1S/C17H20N4O/c1-12-5-6-16(22-12)21-15(10-13-7-9-20(2)11-13)19-14-4-3-8-18-17(14)21/h3-6,8,13H,7,9-11H2,1-2H3. The highest BCUT2D eigenvalue weighted by atomic mass is 16.4. The van der Waals surface area contributed by atoms with Crippen molar-refractivity contribution in [1.29, 1.82) is 0 Å². The van der Waals surface area contributed by atoms with Crippen LogP contribution in [0, 0.1) is 12.8 Å². The van der Waals surface area contributed by atoms with E-state index in [0.717, 1.165) is 41.6 Å². The van der Waals surface area contributed by atoms with Crippen molar-refractivity contribution in [3.63, 3.8) is 0 Å². The SMILES string of the molecule is Cc1ccc(-n2c(CC3CCN(C)C3)nc3cccnc32)o1. The quantitative estimate of drug-likeness (QED) is 0.745. The number of imidazole rings is 1. The number of rotatable bonds is 3. The van der Waals surface area contributed by atoms with E-state index >= 15 is 0 Å². The summed E-state index contributed by atoms with van der Waals surface area (Å²) in [4.78, 5) is 11.7. The van der Waals surface area contributed by atoms with Gasteiger partial charge in [0.15, 0.2) is 5.65 Å². The molecule has 3 aromatic rings. The molecule has 0 aliphatic carbocycles. The molecule has 5 heteroatoms. The van der Waals surface area contributed by atoms with Crippen molar-refractivity contribution < 1.29 is 4.42 Å². The summed E-state index contributed by atoms with van der Waals surface area (Å²) in [7, 11) is 2.18. The maximum absolute atomic E-state index is 5.83. The Morgan fingerprint density at radius 2 is 2.23 bits per heavy atom. The molecule has 3 aromatic heterocycles. The van der Waals surface area contributed by atoms with E-state index in [-0.39, 0.29) is 0 Å². The molecule has 0 amide bonds. The predicted octanol–water partition coefficient (Wildman–Crippen LogP) is 2.82. The van der Waals surface area contributed by atoms with Crippen LogP contribution in [0.2, 0.25) is 0 Å². The summed E-state index contributed by atoms with van der Waals surface area (Å²) in [6.45, 7) is 4.26. The molecule has 1 unspecified atom stereocenters. The first-order chi connectivity index (χ1) is 10.7. The van der Waals surface area contributed by atoms with Gasteiger partial charge in [-0.3, -0.25) is 0 Å². The third-order valence-electron chi connectivity index (χ3n) is 4.39. The van der Waals surface area contributed by atoms with Gasteiger partial charge in [0.2, 0.25) is 5.88 Å². The van der Waals surface area contributed by atoms with E-state index in [9.17, 15) is 0 Å². The maximum Gasteiger partial charge on any atom is 0.206 e. The Kier molecular flexibility index (Phi) is 3.22. The number of furan rings is 1. The van der Waals surface area contributed by atoms with E-state index in [2.05, 4.69) is 21.5 Å². The largest absolute Gasteiger partial charge is 0.445 e. The van der Waals surface area contributed by atoms with Crippen LogP contribution in [-0.2, 0) is 6.42 Å². The second-order valence-electron chi connectivity index (χ2n) is 6.21. The highest BCUT2D eigenvalue weighted by Crippen LogP contribution is 2.25. The van der Waals surface area contributed by atoms with Gasteiger partial charge in [-0.25, -0.2) is 14.5 Å². The number of likely N-dealkylation sites (tertiary alicyclic amines) is 1. The van der Waals surface area contributed by atoms with E-state index in [0.29, 0.717) is 5.92 Å². The summed E-state index contributed by atoms with van der Waals surface area (Å²) in [5.74, 6) is 3.40. The minimum Gasteiger partial charge on any atom is -0.445 e. The van der Waals surface area contributed by atoms with E-state index in [1.165, 1.54) is 13.0 Å². The third kappa shape index (κ3) is 2.31. The number of hydrogen-bond donors (Lipinski definition) is 0. The summed E-state index contributed by atoms with van der Waals surface area (Å²) in [5, 5.41) is 0. The van der Waals surface area contributed by atoms with Crippen molar-refractivity contribution in [2.24, 2.45) is 5.92 Å². The minimum absolute atomic E-state index is 0.650. The topological polar surface area (TPSA) is 47.1 Å². The van der Waals surface area contributed by atoms with Gasteiger partial charge in [0, 0.05) is 25.2 Å². The van der Waals surface area contributed by atoms with E-state index < -0.39 is 0 Å². The molecule has 1 fully saturated rings. The smallest absolute Gasteiger partial charge is 0.206 e. The average Bonchev–Trinajstić information content (AvgIpc) is 3.18. The number of pyridine rings is 1. The molecule has 4 rings (SSSR count). The highest BCUT2D eigenvalue weighted by molar-refractivity contribution is 5.73. The average molecular weight is 296 g/mol. The molecule has 5 nitrogen and oxygen atoms in total. The van der Waals surface area contributed by atoms with E-state index in [4.69, 9.17) is 9.40 Å². The molecule has 0 bridgehead atoms. The zero-order valence-electron chi connectivity index (χ0n) is 13.0. The Labute approximate surface area is 129 Å². The normalized spacial score (nSPS) is 19.3. The van der Waals surface area contributed by atoms with Crippen LogP contribution in [0.25, 0.3) is 17.0 Å². The lowest BCUT2D eigenvalue weighted by Gasteiger charge is -2.11. The highest BCUT2D eigenvalue weighted by Gasteiger charge is 2.24. The van der Waals surface area contributed by atoms with Gasteiger partial charge < -0.3 is 9.32 Å². The number of aromatic nitrogens is 3. The summed E-state index contributed by atoms with van der Waals surface area (Å²) < 4.78 is 7.90. The monoisotopic (exact) mass is 296 g/mol. The molecule has 1 aliphatic heterocycles. The Balaban J connectivity index is 1.79. The Hall–Kier alpha value is -2.14. The van der Waals surface area contributed by atoms with Crippen LogP contribution in [0.4, 0.5) is 0 Å². The van der Waals surface area contributed by atoms with Crippen LogP contribution >= 0.6 is 0 Å². The van der Waals surface area contributed by atoms with Crippen molar-refractivity contribution in [2.45, 2.75) is 19.8 Å². The minimum atomic E-state index is 0.650. The molecule has 0 saturated carbocycles. The Bertz CT molecular complexity index is 804. The second-order valence-corrected chi connectivity index (χ2v) is 6.21. The van der Waals surface area contributed by atoms with Crippen molar-refractivity contribution in [2.75, 3.05) is 20.1 Å². The second kappa shape index (κ2) is 5.25. The molecule has 0 radical (unpaired) electrons. The molecule has 0 spiro atoms. The van der Waals surface area contributed by atoms with Gasteiger partial charge >= 0.3 is 0 Å². The Morgan fingerprint density at radius 3 is 2.95 bits per heavy atom. The number of aryl methyl sites for hydroxylation is 1. The predicted molar refractivity (Wildman–Crippen MR) is 85.2 cm³/mol. The number of fused-ring (bicyclic) bond motifs is 1. The van der Waals surface area contributed by atoms with Crippen molar-refractivity contribution in [3.8, 4) is 5.88 Å². The van der Waals surface area contributed by atoms with Crippen molar-refractivity contribution in [1.82, 2.24) is 19.4 Å². The fourth-order valence-electron chi connectivity index (χ4n) is 3.32. The van der Waals surface area contributed by atoms with Crippen LogP contribution in [0.1, 0.15) is 18.0 Å². The van der Waals surface area contributed by atoms with E-state index in [1.54, 1.807) is 0 Å². The van der Waals surface area contributed by atoms with Crippen LogP contribution in [0.3, 0.4) is 0 Å². The molecule has 0 aromatic carbocycles. The fourth-order valence-corrected chi connectivity index (χ4v) is 3.32.